The van der Waals surface area contributed by atoms with Gasteiger partial charge < -0.3 is 0 Å². The summed E-state index contributed by atoms with van der Waals surface area (Å²) < 4.78 is 0. The summed E-state index contributed by atoms with van der Waals surface area (Å²) in [6, 6.07) is 16.2. The van der Waals surface area contributed by atoms with Crippen LogP contribution < -0.4 is 10.9 Å². The molecule has 9 heteroatoms. The van der Waals surface area contributed by atoms with Crippen LogP contribution in [0.1, 0.15) is 15.9 Å². The summed E-state index contributed by atoms with van der Waals surface area (Å²) in [5.74, 6) is -0.506. The van der Waals surface area contributed by atoms with Crippen LogP contribution in [0.15, 0.2) is 70.8 Å². The number of nitro groups is 1. The second-order valence-corrected chi connectivity index (χ2v) is 6.50. The first-order chi connectivity index (χ1) is 13.1. The fourth-order valence-corrected chi connectivity index (χ4v) is 3.19. The molecule has 0 aliphatic carbocycles. The number of rotatable bonds is 6. The molecule has 8 nitrogen and oxygen atoms in total. The molecule has 136 valence electrons. The quantitative estimate of drug-likeness (QED) is 0.381. The third-order valence-electron chi connectivity index (χ3n) is 3.61. The summed E-state index contributed by atoms with van der Waals surface area (Å²) >= 11 is 1.14. The molecule has 27 heavy (non-hydrogen) atoms. The average molecular weight is 381 g/mol. The number of hydrogen-bond donors (Lipinski definition) is 2. The zero-order chi connectivity index (χ0) is 19.2. The predicted octanol–water partition coefficient (Wildman–Crippen LogP) is 3.60. The third kappa shape index (κ3) is 4.39. The monoisotopic (exact) mass is 381 g/mol. The van der Waals surface area contributed by atoms with E-state index in [0.717, 1.165) is 22.2 Å². The number of anilines is 1. The highest BCUT2D eigenvalue weighted by Gasteiger charge is 2.24. The Bertz CT molecular complexity index is 982. The van der Waals surface area contributed by atoms with E-state index in [0.29, 0.717) is 5.56 Å². The van der Waals surface area contributed by atoms with Gasteiger partial charge in [0.15, 0.2) is 5.03 Å². The molecule has 2 aromatic carbocycles. The predicted molar refractivity (Wildman–Crippen MR) is 102 cm³/mol. The largest absolute Gasteiger partial charge is 0.345 e. The van der Waals surface area contributed by atoms with Crippen molar-refractivity contribution in [1.82, 2.24) is 15.4 Å². The van der Waals surface area contributed by atoms with Crippen LogP contribution in [0.2, 0.25) is 0 Å². The molecule has 3 rings (SSSR count). The lowest BCUT2D eigenvalue weighted by Crippen LogP contribution is -2.30. The standard InChI is InChI=1S/C18H15N5O3S/c1-12-7-5-6-10-14(12)17(24)22-21-16-15(23(25)26)18(20-11-19-16)27-13-8-3-2-4-9-13/h2-11H,1H3,(H,22,24)(H,19,20,21). The molecule has 1 heterocycles. The van der Waals surface area contributed by atoms with E-state index in [9.17, 15) is 14.9 Å². The molecule has 0 unspecified atom stereocenters. The molecule has 0 saturated heterocycles. The van der Waals surface area contributed by atoms with Crippen molar-refractivity contribution in [3.63, 3.8) is 0 Å². The van der Waals surface area contributed by atoms with Crippen molar-refractivity contribution >= 4 is 29.2 Å². The Morgan fingerprint density at radius 1 is 1.07 bits per heavy atom. The molecule has 0 bridgehead atoms. The van der Waals surface area contributed by atoms with Gasteiger partial charge in [-0.05, 0) is 30.7 Å². The maximum atomic E-state index is 12.3. The summed E-state index contributed by atoms with van der Waals surface area (Å²) in [7, 11) is 0. The van der Waals surface area contributed by atoms with Gasteiger partial charge in [0.05, 0.1) is 4.92 Å². The van der Waals surface area contributed by atoms with Crippen molar-refractivity contribution in [2.45, 2.75) is 16.8 Å². The van der Waals surface area contributed by atoms with Crippen LogP contribution in [-0.2, 0) is 0 Å². The van der Waals surface area contributed by atoms with Gasteiger partial charge in [-0.1, -0.05) is 48.2 Å². The highest BCUT2D eigenvalue weighted by Crippen LogP contribution is 2.36. The molecule has 0 radical (unpaired) electrons. The molecule has 0 aliphatic rings. The van der Waals surface area contributed by atoms with Crippen molar-refractivity contribution in [1.29, 1.82) is 0 Å². The second-order valence-electron chi connectivity index (χ2n) is 5.44. The summed E-state index contributed by atoms with van der Waals surface area (Å²) in [4.78, 5) is 32.0. The van der Waals surface area contributed by atoms with Crippen LogP contribution in [0.5, 0.6) is 0 Å². The zero-order valence-corrected chi connectivity index (χ0v) is 15.1. The van der Waals surface area contributed by atoms with Gasteiger partial charge in [-0.2, -0.15) is 0 Å². The number of hydrogen-bond acceptors (Lipinski definition) is 7. The number of carbonyl (C=O) groups excluding carboxylic acids is 1. The number of aromatic nitrogens is 2. The van der Waals surface area contributed by atoms with Crippen LogP contribution in [0, 0.1) is 17.0 Å². The van der Waals surface area contributed by atoms with E-state index in [2.05, 4.69) is 20.8 Å². The van der Waals surface area contributed by atoms with Crippen molar-refractivity contribution in [2.75, 3.05) is 5.43 Å². The Hall–Kier alpha value is -3.46. The van der Waals surface area contributed by atoms with Gasteiger partial charge in [0.25, 0.3) is 5.91 Å². The molecule has 3 aromatic rings. The Kier molecular flexibility index (Phi) is 5.62. The molecule has 0 fully saturated rings. The van der Waals surface area contributed by atoms with E-state index in [1.165, 1.54) is 6.33 Å². The molecule has 0 spiro atoms. The normalized spacial score (nSPS) is 10.3. The molecule has 1 amide bonds. The molecular formula is C18H15N5O3S. The summed E-state index contributed by atoms with van der Waals surface area (Å²) in [5, 5.41) is 11.7. The van der Waals surface area contributed by atoms with Gasteiger partial charge >= 0.3 is 5.69 Å². The number of nitrogens with zero attached hydrogens (tertiary/aromatic N) is 3. The lowest BCUT2D eigenvalue weighted by atomic mass is 10.1. The van der Waals surface area contributed by atoms with Gasteiger partial charge in [0.1, 0.15) is 6.33 Å². The van der Waals surface area contributed by atoms with Gasteiger partial charge in [-0.3, -0.25) is 25.8 Å². The SMILES string of the molecule is Cc1ccccc1C(=O)NNc1ncnc(Sc2ccccc2)c1[N+](=O)[O-]. The van der Waals surface area contributed by atoms with Gasteiger partial charge in [0, 0.05) is 10.5 Å². The van der Waals surface area contributed by atoms with Crippen LogP contribution in [0.4, 0.5) is 11.5 Å². The minimum atomic E-state index is -0.576. The van der Waals surface area contributed by atoms with Crippen LogP contribution in [-0.4, -0.2) is 20.8 Å². The molecule has 0 saturated carbocycles. The van der Waals surface area contributed by atoms with Crippen molar-refractivity contribution < 1.29 is 9.72 Å². The second kappa shape index (κ2) is 8.28. The van der Waals surface area contributed by atoms with E-state index in [1.54, 1.807) is 25.1 Å². The fraction of sp³-hybridized carbons (Fsp3) is 0.0556. The van der Waals surface area contributed by atoms with E-state index in [-0.39, 0.29) is 16.5 Å². The first kappa shape index (κ1) is 18.3. The van der Waals surface area contributed by atoms with E-state index in [4.69, 9.17) is 0 Å². The van der Waals surface area contributed by atoms with Crippen molar-refractivity contribution in [2.24, 2.45) is 0 Å². The van der Waals surface area contributed by atoms with Gasteiger partial charge in [0.2, 0.25) is 5.82 Å². The lowest BCUT2D eigenvalue weighted by molar-refractivity contribution is -0.387. The van der Waals surface area contributed by atoms with Gasteiger partial charge in [-0.15, -0.1) is 0 Å². The molecule has 0 aliphatic heterocycles. The lowest BCUT2D eigenvalue weighted by Gasteiger charge is -2.10. The van der Waals surface area contributed by atoms with Crippen LogP contribution in [0.3, 0.4) is 0 Å². The number of amides is 1. The minimum absolute atomic E-state index is 0.0876. The number of benzene rings is 2. The van der Waals surface area contributed by atoms with Crippen LogP contribution in [0.25, 0.3) is 0 Å². The van der Waals surface area contributed by atoms with Crippen molar-refractivity contribution in [3.8, 4) is 0 Å². The summed E-state index contributed by atoms with van der Waals surface area (Å²) in [6.07, 6.45) is 1.21. The third-order valence-corrected chi connectivity index (χ3v) is 4.61. The molecule has 2 N–H and O–H groups in total. The number of aryl methyl sites for hydroxylation is 1. The number of carbonyl (C=O) groups is 1. The Morgan fingerprint density at radius 3 is 2.48 bits per heavy atom. The maximum absolute atomic E-state index is 12.3. The Morgan fingerprint density at radius 2 is 1.78 bits per heavy atom. The first-order valence-electron chi connectivity index (χ1n) is 7.90. The van der Waals surface area contributed by atoms with Crippen molar-refractivity contribution in [3.05, 3.63) is 82.2 Å². The fourth-order valence-electron chi connectivity index (χ4n) is 2.30. The number of nitrogens with one attached hydrogen (secondary N) is 2. The maximum Gasteiger partial charge on any atom is 0.345 e. The van der Waals surface area contributed by atoms with Gasteiger partial charge in [-0.25, -0.2) is 9.97 Å². The zero-order valence-electron chi connectivity index (χ0n) is 14.2. The molecule has 0 atom stereocenters. The van der Waals surface area contributed by atoms with E-state index >= 15 is 0 Å². The number of hydrazine groups is 1. The Labute approximate surface area is 159 Å². The first-order valence-corrected chi connectivity index (χ1v) is 8.72. The summed E-state index contributed by atoms with van der Waals surface area (Å²) in [6.45, 7) is 1.80. The van der Waals surface area contributed by atoms with E-state index in [1.807, 2.05) is 36.4 Å². The highest BCUT2D eigenvalue weighted by molar-refractivity contribution is 7.99. The topological polar surface area (TPSA) is 110 Å². The summed E-state index contributed by atoms with van der Waals surface area (Å²) in [5.41, 5.74) is 5.93. The Balaban J connectivity index is 1.83. The highest BCUT2D eigenvalue weighted by atomic mass is 32.2. The minimum Gasteiger partial charge on any atom is -0.276 e. The van der Waals surface area contributed by atoms with E-state index < -0.39 is 10.8 Å². The van der Waals surface area contributed by atoms with Crippen LogP contribution >= 0.6 is 11.8 Å². The smallest absolute Gasteiger partial charge is 0.276 e. The molecule has 1 aromatic heterocycles. The average Bonchev–Trinajstić information content (AvgIpc) is 2.67. The molecular weight excluding hydrogens is 366 g/mol.